The monoisotopic (exact) mass is 590 g/mol. The van der Waals surface area contributed by atoms with Crippen molar-refractivity contribution >= 4 is 65.4 Å². The van der Waals surface area contributed by atoms with Crippen LogP contribution >= 0.6 is 27.3 Å². The maximum atomic E-state index is 13.6. The van der Waals surface area contributed by atoms with Crippen LogP contribution in [0.5, 0.6) is 0 Å². The molecule has 1 amide bonds. The fraction of sp³-hybridized carbons (Fsp3) is 0.385. The predicted molar refractivity (Wildman–Crippen MR) is 144 cm³/mol. The van der Waals surface area contributed by atoms with Gasteiger partial charge in [0.1, 0.15) is 4.21 Å². The van der Waals surface area contributed by atoms with Gasteiger partial charge in [0.15, 0.2) is 5.78 Å². The minimum atomic E-state index is -3.72. The normalized spacial score (nSPS) is 18.3. The number of rotatable bonds is 9. The number of methoxy groups -OCH3 is 1. The standard InChI is InChI=1S/C26H27BrN2O5S2/c1-34-13-6-11-28-25-20(27)15-17(18-7-4-8-19(24(18)25)26(28)31)16-22(30)21-9-2-3-12-29(21)36(32,33)23-10-5-14-35-23/h4-5,7-8,10,14-15,21H,2-3,6,9,11-13,16H2,1H3. The van der Waals surface area contributed by atoms with Crippen LogP contribution in [-0.2, 0) is 26.0 Å². The van der Waals surface area contributed by atoms with Crippen LogP contribution in [0.25, 0.3) is 10.8 Å². The number of piperidine rings is 1. The van der Waals surface area contributed by atoms with Gasteiger partial charge >= 0.3 is 0 Å². The molecular weight excluding hydrogens is 564 g/mol. The zero-order valence-corrected chi connectivity index (χ0v) is 23.1. The van der Waals surface area contributed by atoms with E-state index < -0.39 is 16.1 Å². The first-order valence-corrected chi connectivity index (χ1v) is 15.1. The van der Waals surface area contributed by atoms with Crippen molar-refractivity contribution in [2.45, 2.75) is 42.4 Å². The lowest BCUT2D eigenvalue weighted by Crippen LogP contribution is -2.48. The van der Waals surface area contributed by atoms with Gasteiger partial charge in [-0.1, -0.05) is 24.6 Å². The van der Waals surface area contributed by atoms with E-state index in [1.807, 2.05) is 24.3 Å². The van der Waals surface area contributed by atoms with Crippen LogP contribution in [0.3, 0.4) is 0 Å². The smallest absolute Gasteiger partial charge is 0.259 e. The molecule has 0 bridgehead atoms. The van der Waals surface area contributed by atoms with E-state index in [9.17, 15) is 18.0 Å². The lowest BCUT2D eigenvalue weighted by Gasteiger charge is -2.33. The van der Waals surface area contributed by atoms with Crippen LogP contribution in [0.4, 0.5) is 5.69 Å². The van der Waals surface area contributed by atoms with E-state index in [1.54, 1.807) is 29.5 Å². The number of nitrogens with zero attached hydrogens (tertiary/aromatic N) is 2. The summed E-state index contributed by atoms with van der Waals surface area (Å²) in [6.45, 7) is 1.43. The summed E-state index contributed by atoms with van der Waals surface area (Å²) in [5.74, 6) is -0.180. The molecule has 0 radical (unpaired) electrons. The van der Waals surface area contributed by atoms with Gasteiger partial charge in [0.2, 0.25) is 0 Å². The van der Waals surface area contributed by atoms with Crippen molar-refractivity contribution in [3.05, 3.63) is 57.4 Å². The molecule has 190 valence electrons. The highest BCUT2D eigenvalue weighted by atomic mass is 79.9. The number of Topliss-reactive ketones (excluding diaryl/α,β-unsaturated/α-hetero) is 1. The number of anilines is 1. The molecule has 10 heteroatoms. The minimum Gasteiger partial charge on any atom is -0.385 e. The maximum absolute atomic E-state index is 13.6. The molecule has 0 N–H and O–H groups in total. The molecule has 7 nitrogen and oxygen atoms in total. The third-order valence-corrected chi connectivity index (χ3v) is 10.8. The van der Waals surface area contributed by atoms with Crippen LogP contribution in [0, 0.1) is 0 Å². The molecule has 1 saturated heterocycles. The second-order valence-corrected chi connectivity index (χ2v) is 13.0. The van der Waals surface area contributed by atoms with Crippen molar-refractivity contribution < 1.29 is 22.7 Å². The highest BCUT2D eigenvalue weighted by Crippen LogP contribution is 2.44. The van der Waals surface area contributed by atoms with E-state index >= 15 is 0 Å². The number of carbonyl (C=O) groups excluding carboxylic acids is 2. The van der Waals surface area contributed by atoms with Crippen molar-refractivity contribution in [3.63, 3.8) is 0 Å². The summed E-state index contributed by atoms with van der Waals surface area (Å²) in [4.78, 5) is 28.6. The number of benzene rings is 2. The number of thiophene rings is 1. The Labute approximate surface area is 223 Å². The Morgan fingerprint density at radius 3 is 2.81 bits per heavy atom. The van der Waals surface area contributed by atoms with E-state index in [0.29, 0.717) is 38.1 Å². The Bertz CT molecular complexity index is 1420. The summed E-state index contributed by atoms with van der Waals surface area (Å²) in [5, 5.41) is 3.42. The fourth-order valence-corrected chi connectivity index (χ4v) is 8.74. The molecule has 1 unspecified atom stereocenters. The van der Waals surface area contributed by atoms with Crippen LogP contribution in [-0.4, -0.2) is 57.3 Å². The van der Waals surface area contributed by atoms with Crippen molar-refractivity contribution in [1.29, 1.82) is 0 Å². The Morgan fingerprint density at radius 1 is 1.22 bits per heavy atom. The molecule has 0 saturated carbocycles. The van der Waals surface area contributed by atoms with Gasteiger partial charge in [0, 0.05) is 48.6 Å². The number of hydrogen-bond acceptors (Lipinski definition) is 6. The van der Waals surface area contributed by atoms with Gasteiger partial charge in [-0.15, -0.1) is 11.3 Å². The number of amides is 1. The van der Waals surface area contributed by atoms with Gasteiger partial charge < -0.3 is 9.64 Å². The highest BCUT2D eigenvalue weighted by Gasteiger charge is 2.38. The molecule has 0 spiro atoms. The summed E-state index contributed by atoms with van der Waals surface area (Å²) < 4.78 is 34.1. The molecule has 1 fully saturated rings. The third kappa shape index (κ3) is 4.43. The second kappa shape index (κ2) is 10.3. The van der Waals surface area contributed by atoms with Crippen molar-refractivity contribution in [3.8, 4) is 0 Å². The van der Waals surface area contributed by atoms with E-state index in [0.717, 1.165) is 39.3 Å². The number of carbonyl (C=O) groups is 2. The second-order valence-electron chi connectivity index (χ2n) is 9.10. The van der Waals surface area contributed by atoms with Crippen LogP contribution < -0.4 is 4.90 Å². The first kappa shape index (κ1) is 25.5. The van der Waals surface area contributed by atoms with E-state index in [-0.39, 0.29) is 22.3 Å². The quantitative estimate of drug-likeness (QED) is 0.327. The Hall–Kier alpha value is -2.11. The van der Waals surface area contributed by atoms with Gasteiger partial charge in [-0.05, 0) is 69.7 Å². The summed E-state index contributed by atoms with van der Waals surface area (Å²) in [6.07, 6.45) is 2.86. The Morgan fingerprint density at radius 2 is 2.06 bits per heavy atom. The minimum absolute atomic E-state index is 0.0589. The Kier molecular flexibility index (Phi) is 7.33. The van der Waals surface area contributed by atoms with Crippen LogP contribution in [0.15, 0.2) is 50.5 Å². The van der Waals surface area contributed by atoms with Gasteiger partial charge in [-0.25, -0.2) is 8.42 Å². The molecule has 3 heterocycles. The SMILES string of the molecule is COCCCN1C(=O)c2cccc3c(CC(=O)C4CCCCN4S(=O)(=O)c4cccs4)cc(Br)c1c23. The van der Waals surface area contributed by atoms with Gasteiger partial charge in [-0.2, -0.15) is 4.31 Å². The molecule has 3 aromatic rings. The van der Waals surface area contributed by atoms with Gasteiger partial charge in [0.25, 0.3) is 15.9 Å². The molecule has 1 atom stereocenters. The summed E-state index contributed by atoms with van der Waals surface area (Å²) in [7, 11) is -2.09. The average Bonchev–Trinajstić information content (AvgIpc) is 3.51. The molecule has 2 aliphatic heterocycles. The third-order valence-electron chi connectivity index (χ3n) is 6.90. The first-order chi connectivity index (χ1) is 17.3. The highest BCUT2D eigenvalue weighted by molar-refractivity contribution is 9.10. The van der Waals surface area contributed by atoms with E-state index in [4.69, 9.17) is 4.74 Å². The van der Waals surface area contributed by atoms with Gasteiger partial charge in [-0.3, -0.25) is 9.59 Å². The lowest BCUT2D eigenvalue weighted by molar-refractivity contribution is -0.122. The Balaban J connectivity index is 1.48. The lowest BCUT2D eigenvalue weighted by atomic mass is 9.93. The molecule has 2 aromatic carbocycles. The van der Waals surface area contributed by atoms with Crippen molar-refractivity contribution in [1.82, 2.24) is 4.31 Å². The first-order valence-electron chi connectivity index (χ1n) is 12.0. The maximum Gasteiger partial charge on any atom is 0.259 e. The largest absolute Gasteiger partial charge is 0.385 e. The zero-order valence-electron chi connectivity index (χ0n) is 19.9. The molecule has 2 aliphatic rings. The number of sulfonamides is 1. The fourth-order valence-electron chi connectivity index (χ4n) is 5.25. The number of hydrogen-bond donors (Lipinski definition) is 0. The molecule has 5 rings (SSSR count). The number of ether oxygens (including phenoxy) is 1. The van der Waals surface area contributed by atoms with Crippen LogP contribution in [0.2, 0.25) is 0 Å². The van der Waals surface area contributed by atoms with E-state index in [2.05, 4.69) is 15.9 Å². The molecule has 1 aromatic heterocycles. The average molecular weight is 592 g/mol. The summed E-state index contributed by atoms with van der Waals surface area (Å²) in [6, 6.07) is 10.1. The summed E-state index contributed by atoms with van der Waals surface area (Å²) >= 11 is 4.82. The number of halogens is 1. The molecule has 36 heavy (non-hydrogen) atoms. The van der Waals surface area contributed by atoms with E-state index in [1.165, 1.54) is 15.6 Å². The molecule has 0 aliphatic carbocycles. The molecular formula is C26H27BrN2O5S2. The van der Waals surface area contributed by atoms with Crippen LogP contribution in [0.1, 0.15) is 41.6 Å². The topological polar surface area (TPSA) is 84.0 Å². The van der Waals surface area contributed by atoms with Crippen molar-refractivity contribution in [2.24, 2.45) is 0 Å². The van der Waals surface area contributed by atoms with Gasteiger partial charge in [0.05, 0.1) is 11.7 Å². The zero-order chi connectivity index (χ0) is 25.4. The predicted octanol–water partition coefficient (Wildman–Crippen LogP) is 5.02. The number of ketones is 1. The summed E-state index contributed by atoms with van der Waals surface area (Å²) in [5.41, 5.74) is 2.23. The van der Waals surface area contributed by atoms with Crippen molar-refractivity contribution in [2.75, 3.05) is 31.7 Å².